The molecule has 0 aromatic heterocycles. The van der Waals surface area contributed by atoms with Crippen molar-refractivity contribution in [3.05, 3.63) is 68.1 Å². The monoisotopic (exact) mass is 386 g/mol. The van der Waals surface area contributed by atoms with Gasteiger partial charge in [0.05, 0.1) is 15.6 Å². The summed E-state index contributed by atoms with van der Waals surface area (Å²) in [4.78, 5) is 23.8. The Morgan fingerprint density at radius 3 is 1.95 bits per heavy atom. The molecule has 0 fully saturated rings. The van der Waals surface area contributed by atoms with Crippen molar-refractivity contribution in [2.75, 3.05) is 0 Å². The molecule has 2 amide bonds. The van der Waals surface area contributed by atoms with Crippen LogP contribution in [0.1, 0.15) is 20.7 Å². The van der Waals surface area contributed by atoms with Crippen molar-refractivity contribution in [1.29, 1.82) is 0 Å². The highest BCUT2D eigenvalue weighted by atomic mass is 79.9. The maximum Gasteiger partial charge on any atom is 0.272 e. The van der Waals surface area contributed by atoms with Gasteiger partial charge in [-0.3, -0.25) is 20.4 Å². The van der Waals surface area contributed by atoms with Gasteiger partial charge in [0.1, 0.15) is 0 Å². The average molecular weight is 388 g/mol. The first-order valence-corrected chi connectivity index (χ1v) is 7.34. The standard InChI is InChI=1S/C14H9BrCl2N2O2/c15-9-6-4-8(5-7-9)13(20)18-19-14(21)12-10(16)2-1-3-11(12)17/h1-7H,(H,18,20)(H,19,21). The largest absolute Gasteiger partial charge is 0.272 e. The third kappa shape index (κ3) is 3.97. The number of amides is 2. The molecule has 0 spiro atoms. The molecule has 0 aliphatic heterocycles. The van der Waals surface area contributed by atoms with Crippen molar-refractivity contribution in [2.45, 2.75) is 0 Å². The zero-order valence-corrected chi connectivity index (χ0v) is 13.6. The number of hydrogen-bond donors (Lipinski definition) is 2. The molecule has 0 bridgehead atoms. The Kier molecular flexibility index (Phi) is 5.22. The number of carbonyl (C=O) groups is 2. The first-order chi connectivity index (χ1) is 9.99. The quantitative estimate of drug-likeness (QED) is 0.769. The molecule has 0 aliphatic carbocycles. The Balaban J connectivity index is 2.04. The SMILES string of the molecule is O=C(NNC(=O)c1c(Cl)cccc1Cl)c1ccc(Br)cc1. The van der Waals surface area contributed by atoms with E-state index in [0.717, 1.165) is 4.47 Å². The van der Waals surface area contributed by atoms with Crippen LogP contribution in [0.3, 0.4) is 0 Å². The first kappa shape index (κ1) is 15.8. The molecule has 21 heavy (non-hydrogen) atoms. The van der Waals surface area contributed by atoms with E-state index in [9.17, 15) is 9.59 Å². The molecule has 0 aliphatic rings. The van der Waals surface area contributed by atoms with Gasteiger partial charge in [-0.2, -0.15) is 0 Å². The summed E-state index contributed by atoms with van der Waals surface area (Å²) in [7, 11) is 0. The minimum Gasteiger partial charge on any atom is -0.267 e. The Labute approximate surface area is 139 Å². The molecule has 2 aromatic carbocycles. The number of hydrazine groups is 1. The summed E-state index contributed by atoms with van der Waals surface area (Å²) in [6.45, 7) is 0. The lowest BCUT2D eigenvalue weighted by atomic mass is 10.2. The Morgan fingerprint density at radius 1 is 0.857 bits per heavy atom. The second-order valence-corrected chi connectivity index (χ2v) is 5.74. The predicted molar refractivity (Wildman–Crippen MR) is 85.5 cm³/mol. The highest BCUT2D eigenvalue weighted by Gasteiger charge is 2.15. The second kappa shape index (κ2) is 6.93. The maximum atomic E-state index is 12.0. The molecule has 7 heteroatoms. The molecule has 0 saturated carbocycles. The van der Waals surface area contributed by atoms with E-state index in [2.05, 4.69) is 26.8 Å². The first-order valence-electron chi connectivity index (χ1n) is 5.79. The van der Waals surface area contributed by atoms with Gasteiger partial charge in [0.2, 0.25) is 0 Å². The third-order valence-electron chi connectivity index (χ3n) is 2.59. The number of hydrogen-bond acceptors (Lipinski definition) is 2. The third-order valence-corrected chi connectivity index (χ3v) is 3.74. The fourth-order valence-corrected chi connectivity index (χ4v) is 2.40. The van der Waals surface area contributed by atoms with Gasteiger partial charge in [-0.15, -0.1) is 0 Å². The van der Waals surface area contributed by atoms with Crippen molar-refractivity contribution in [1.82, 2.24) is 10.9 Å². The van der Waals surface area contributed by atoms with Crippen LogP contribution >= 0.6 is 39.1 Å². The van der Waals surface area contributed by atoms with Crippen LogP contribution in [-0.4, -0.2) is 11.8 Å². The molecule has 0 radical (unpaired) electrons. The maximum absolute atomic E-state index is 12.0. The highest BCUT2D eigenvalue weighted by Crippen LogP contribution is 2.23. The zero-order chi connectivity index (χ0) is 15.4. The van der Waals surface area contributed by atoms with E-state index < -0.39 is 11.8 Å². The van der Waals surface area contributed by atoms with E-state index in [-0.39, 0.29) is 15.6 Å². The average Bonchev–Trinajstić information content (AvgIpc) is 2.45. The van der Waals surface area contributed by atoms with E-state index in [1.165, 1.54) is 0 Å². The van der Waals surface area contributed by atoms with E-state index in [4.69, 9.17) is 23.2 Å². The van der Waals surface area contributed by atoms with Crippen molar-refractivity contribution in [2.24, 2.45) is 0 Å². The van der Waals surface area contributed by atoms with Crippen molar-refractivity contribution < 1.29 is 9.59 Å². The molecule has 0 saturated heterocycles. The summed E-state index contributed by atoms with van der Waals surface area (Å²) in [6.07, 6.45) is 0. The minimum atomic E-state index is -0.587. The summed E-state index contributed by atoms with van der Waals surface area (Å²) in [5.74, 6) is -1.03. The van der Waals surface area contributed by atoms with Gasteiger partial charge in [-0.1, -0.05) is 45.2 Å². The van der Waals surface area contributed by atoms with Crippen LogP contribution in [0.25, 0.3) is 0 Å². The number of rotatable bonds is 2. The summed E-state index contributed by atoms with van der Waals surface area (Å²) in [6, 6.07) is 11.4. The van der Waals surface area contributed by atoms with Crippen LogP contribution in [0.2, 0.25) is 10.0 Å². The minimum absolute atomic E-state index is 0.108. The van der Waals surface area contributed by atoms with E-state index >= 15 is 0 Å². The fraction of sp³-hybridized carbons (Fsp3) is 0. The molecule has 108 valence electrons. The van der Waals surface area contributed by atoms with Crippen LogP contribution in [-0.2, 0) is 0 Å². The fourth-order valence-electron chi connectivity index (χ4n) is 1.56. The zero-order valence-electron chi connectivity index (χ0n) is 10.5. The number of nitrogens with one attached hydrogen (secondary N) is 2. The van der Waals surface area contributed by atoms with Gasteiger partial charge in [-0.05, 0) is 36.4 Å². The Hall–Kier alpha value is -1.56. The summed E-state index contributed by atoms with van der Waals surface area (Å²) >= 11 is 15.1. The predicted octanol–water partition coefficient (Wildman–Crippen LogP) is 3.83. The van der Waals surface area contributed by atoms with Crippen LogP contribution in [0, 0.1) is 0 Å². The van der Waals surface area contributed by atoms with E-state index in [0.29, 0.717) is 5.56 Å². The Morgan fingerprint density at radius 2 is 1.38 bits per heavy atom. The van der Waals surface area contributed by atoms with Crippen LogP contribution in [0.4, 0.5) is 0 Å². The van der Waals surface area contributed by atoms with Crippen molar-refractivity contribution in [3.8, 4) is 0 Å². The highest BCUT2D eigenvalue weighted by molar-refractivity contribution is 9.10. The van der Waals surface area contributed by atoms with Gasteiger partial charge in [0.15, 0.2) is 0 Å². The van der Waals surface area contributed by atoms with E-state index in [1.807, 2.05) is 0 Å². The second-order valence-electron chi connectivity index (χ2n) is 4.01. The van der Waals surface area contributed by atoms with E-state index in [1.54, 1.807) is 42.5 Å². The molecule has 2 aromatic rings. The molecule has 2 rings (SSSR count). The topological polar surface area (TPSA) is 58.2 Å². The lowest BCUT2D eigenvalue weighted by Crippen LogP contribution is -2.41. The lowest BCUT2D eigenvalue weighted by molar-refractivity contribution is 0.0847. The van der Waals surface area contributed by atoms with Gasteiger partial charge in [-0.25, -0.2) is 0 Å². The van der Waals surface area contributed by atoms with Crippen LogP contribution in [0.5, 0.6) is 0 Å². The Bertz CT molecular complexity index is 670. The van der Waals surface area contributed by atoms with Crippen LogP contribution < -0.4 is 10.9 Å². The summed E-state index contributed by atoms with van der Waals surface area (Å²) < 4.78 is 0.853. The molecule has 0 atom stereocenters. The molecular formula is C14H9BrCl2N2O2. The number of carbonyl (C=O) groups excluding carboxylic acids is 2. The molecule has 0 heterocycles. The van der Waals surface area contributed by atoms with Crippen LogP contribution in [0.15, 0.2) is 46.9 Å². The number of benzene rings is 2. The molecular weight excluding hydrogens is 379 g/mol. The van der Waals surface area contributed by atoms with Crippen molar-refractivity contribution in [3.63, 3.8) is 0 Å². The molecule has 0 unspecified atom stereocenters. The van der Waals surface area contributed by atoms with Crippen molar-refractivity contribution >= 4 is 50.9 Å². The normalized spacial score (nSPS) is 10.0. The molecule has 4 nitrogen and oxygen atoms in total. The number of halogens is 3. The van der Waals surface area contributed by atoms with Gasteiger partial charge in [0, 0.05) is 10.0 Å². The summed E-state index contributed by atoms with van der Waals surface area (Å²) in [5.41, 5.74) is 5.09. The molecule has 2 N–H and O–H groups in total. The smallest absolute Gasteiger partial charge is 0.267 e. The lowest BCUT2D eigenvalue weighted by Gasteiger charge is -2.09. The summed E-state index contributed by atoms with van der Waals surface area (Å²) in [5, 5.41) is 0.413. The van der Waals surface area contributed by atoms with Gasteiger partial charge in [0.25, 0.3) is 11.8 Å². The van der Waals surface area contributed by atoms with Gasteiger partial charge < -0.3 is 0 Å². The van der Waals surface area contributed by atoms with Gasteiger partial charge >= 0.3 is 0 Å².